The van der Waals surface area contributed by atoms with Gasteiger partial charge in [0.05, 0.1) is 18.3 Å². The molecule has 2 aromatic heterocycles. The van der Waals surface area contributed by atoms with Crippen molar-refractivity contribution in [2.45, 2.75) is 20.4 Å². The third kappa shape index (κ3) is 3.19. The molecule has 0 amide bonds. The normalized spacial score (nSPS) is 11.1. The summed E-state index contributed by atoms with van der Waals surface area (Å²) in [4.78, 5) is 4.72. The number of rotatable bonds is 4. The highest BCUT2D eigenvalue weighted by Crippen LogP contribution is 2.33. The zero-order valence-electron chi connectivity index (χ0n) is 15.7. The first-order valence-corrected chi connectivity index (χ1v) is 9.29. The Balaban J connectivity index is 1.90. The summed E-state index contributed by atoms with van der Waals surface area (Å²) in [7, 11) is 1.68. The van der Waals surface area contributed by atoms with Crippen LogP contribution in [-0.2, 0) is 6.54 Å². The molecule has 0 aliphatic heterocycles. The molecule has 2 aromatic carbocycles. The average Bonchev–Trinajstić information content (AvgIpc) is 2.95. The first-order chi connectivity index (χ1) is 13.1. The topological polar surface area (TPSA) is 27.1 Å². The minimum Gasteiger partial charge on any atom is -0.497 e. The number of pyridine rings is 1. The monoisotopic (exact) mass is 376 g/mol. The molecular formula is C23H21ClN2O. The Hall–Kier alpha value is -2.78. The van der Waals surface area contributed by atoms with E-state index in [1.807, 2.05) is 30.5 Å². The number of nitrogens with zero attached hydrogens (tertiary/aromatic N) is 2. The van der Waals surface area contributed by atoms with E-state index in [9.17, 15) is 0 Å². The lowest BCUT2D eigenvalue weighted by molar-refractivity contribution is 0.415. The van der Waals surface area contributed by atoms with E-state index >= 15 is 0 Å². The van der Waals surface area contributed by atoms with Gasteiger partial charge >= 0.3 is 0 Å². The van der Waals surface area contributed by atoms with Crippen LogP contribution in [0.1, 0.15) is 16.8 Å². The number of halogens is 1. The molecule has 27 heavy (non-hydrogen) atoms. The standard InChI is InChI=1S/C23H21ClN2O/c1-15-16(2)26(14-17-4-8-19(24)9-5-17)23-21(15)12-13-25-22(23)18-6-10-20(27-3)11-7-18/h4-13H,14H2,1-3H3. The first kappa shape index (κ1) is 17.6. The van der Waals surface area contributed by atoms with Gasteiger partial charge in [0, 0.05) is 34.4 Å². The highest BCUT2D eigenvalue weighted by atomic mass is 35.5. The first-order valence-electron chi connectivity index (χ1n) is 8.91. The van der Waals surface area contributed by atoms with E-state index in [1.54, 1.807) is 7.11 Å². The molecule has 0 spiro atoms. The van der Waals surface area contributed by atoms with Crippen LogP contribution in [0.3, 0.4) is 0 Å². The molecule has 0 N–H and O–H groups in total. The summed E-state index contributed by atoms with van der Waals surface area (Å²) in [5.41, 5.74) is 6.98. The summed E-state index contributed by atoms with van der Waals surface area (Å²) in [5, 5.41) is 1.99. The SMILES string of the molecule is COc1ccc(-c2nccc3c(C)c(C)n(Cc4ccc(Cl)cc4)c23)cc1. The van der Waals surface area contributed by atoms with Gasteiger partial charge in [0.25, 0.3) is 0 Å². The maximum absolute atomic E-state index is 6.05. The molecule has 136 valence electrons. The van der Waals surface area contributed by atoms with Crippen molar-refractivity contribution in [1.82, 2.24) is 9.55 Å². The summed E-state index contributed by atoms with van der Waals surface area (Å²) < 4.78 is 7.64. The van der Waals surface area contributed by atoms with Gasteiger partial charge in [-0.2, -0.15) is 0 Å². The third-order valence-corrected chi connectivity index (χ3v) is 5.42. The van der Waals surface area contributed by atoms with Crippen LogP contribution in [0, 0.1) is 13.8 Å². The Bertz CT molecular complexity index is 1100. The highest BCUT2D eigenvalue weighted by molar-refractivity contribution is 6.30. The van der Waals surface area contributed by atoms with E-state index in [0.717, 1.165) is 34.1 Å². The summed E-state index contributed by atoms with van der Waals surface area (Å²) in [6.45, 7) is 5.12. The highest BCUT2D eigenvalue weighted by Gasteiger charge is 2.16. The van der Waals surface area contributed by atoms with Gasteiger partial charge in [-0.05, 0) is 67.4 Å². The second-order valence-electron chi connectivity index (χ2n) is 6.71. The van der Waals surface area contributed by atoms with Crippen molar-refractivity contribution in [3.05, 3.63) is 82.6 Å². The lowest BCUT2D eigenvalue weighted by atomic mass is 10.1. The molecule has 0 aliphatic carbocycles. The molecule has 4 rings (SSSR count). The van der Waals surface area contributed by atoms with Gasteiger partial charge in [-0.3, -0.25) is 4.98 Å². The van der Waals surface area contributed by atoms with E-state index in [-0.39, 0.29) is 0 Å². The number of benzene rings is 2. The van der Waals surface area contributed by atoms with Gasteiger partial charge in [-0.25, -0.2) is 0 Å². The predicted octanol–water partition coefficient (Wildman–Crippen LogP) is 6.03. The fourth-order valence-corrected chi connectivity index (χ4v) is 3.65. The maximum atomic E-state index is 6.05. The van der Waals surface area contributed by atoms with Crippen molar-refractivity contribution in [1.29, 1.82) is 0 Å². The molecule has 0 aliphatic rings. The van der Waals surface area contributed by atoms with Crippen molar-refractivity contribution >= 4 is 22.5 Å². The maximum Gasteiger partial charge on any atom is 0.118 e. The van der Waals surface area contributed by atoms with Gasteiger partial charge in [-0.15, -0.1) is 0 Å². The quantitative estimate of drug-likeness (QED) is 0.434. The Kier molecular flexibility index (Phi) is 4.63. The predicted molar refractivity (Wildman–Crippen MR) is 112 cm³/mol. The van der Waals surface area contributed by atoms with Crippen LogP contribution < -0.4 is 4.74 Å². The molecule has 0 radical (unpaired) electrons. The summed E-state index contributed by atoms with van der Waals surface area (Å²) in [6, 6.07) is 18.2. The Labute approximate surface area is 164 Å². The van der Waals surface area contributed by atoms with Crippen molar-refractivity contribution in [3.63, 3.8) is 0 Å². The van der Waals surface area contributed by atoms with E-state index in [4.69, 9.17) is 21.3 Å². The number of hydrogen-bond acceptors (Lipinski definition) is 2. The van der Waals surface area contributed by atoms with Crippen molar-refractivity contribution < 1.29 is 4.74 Å². The third-order valence-electron chi connectivity index (χ3n) is 5.16. The fraction of sp³-hybridized carbons (Fsp3) is 0.174. The summed E-state index contributed by atoms with van der Waals surface area (Å²) in [5.74, 6) is 0.842. The number of hydrogen-bond donors (Lipinski definition) is 0. The molecule has 4 aromatic rings. The Morgan fingerprint density at radius 2 is 1.67 bits per heavy atom. The number of aromatic nitrogens is 2. The summed E-state index contributed by atoms with van der Waals surface area (Å²) in [6.07, 6.45) is 1.89. The zero-order chi connectivity index (χ0) is 19.0. The van der Waals surface area contributed by atoms with Crippen LogP contribution in [0.5, 0.6) is 5.75 Å². The van der Waals surface area contributed by atoms with Crippen molar-refractivity contribution in [2.75, 3.05) is 7.11 Å². The lowest BCUT2D eigenvalue weighted by Gasteiger charge is -2.12. The van der Waals surface area contributed by atoms with E-state index < -0.39 is 0 Å². The van der Waals surface area contributed by atoms with Crippen LogP contribution in [0.4, 0.5) is 0 Å². The zero-order valence-corrected chi connectivity index (χ0v) is 16.4. The molecule has 0 saturated heterocycles. The molecule has 0 bridgehead atoms. The van der Waals surface area contributed by atoms with Gasteiger partial charge in [0.1, 0.15) is 5.75 Å². The molecule has 2 heterocycles. The van der Waals surface area contributed by atoms with E-state index in [2.05, 4.69) is 48.7 Å². The van der Waals surface area contributed by atoms with Crippen LogP contribution in [0.25, 0.3) is 22.2 Å². The molecule has 0 fully saturated rings. The van der Waals surface area contributed by atoms with Crippen LogP contribution in [-0.4, -0.2) is 16.7 Å². The smallest absolute Gasteiger partial charge is 0.118 e. The number of methoxy groups -OCH3 is 1. The van der Waals surface area contributed by atoms with Crippen molar-refractivity contribution in [2.24, 2.45) is 0 Å². The molecule has 0 unspecified atom stereocenters. The molecule has 0 saturated carbocycles. The van der Waals surface area contributed by atoms with E-state index in [0.29, 0.717) is 0 Å². The fourth-order valence-electron chi connectivity index (χ4n) is 3.53. The number of fused-ring (bicyclic) bond motifs is 1. The van der Waals surface area contributed by atoms with Gasteiger partial charge in [-0.1, -0.05) is 23.7 Å². The molecule has 0 atom stereocenters. The average molecular weight is 377 g/mol. The van der Waals surface area contributed by atoms with Gasteiger partial charge in [0.15, 0.2) is 0 Å². The summed E-state index contributed by atoms with van der Waals surface area (Å²) >= 11 is 6.05. The van der Waals surface area contributed by atoms with Gasteiger partial charge < -0.3 is 9.30 Å². The minimum atomic E-state index is 0.754. The minimum absolute atomic E-state index is 0.754. The second-order valence-corrected chi connectivity index (χ2v) is 7.14. The number of aryl methyl sites for hydroxylation is 1. The van der Waals surface area contributed by atoms with Crippen LogP contribution in [0.2, 0.25) is 5.02 Å². The second kappa shape index (κ2) is 7.09. The Morgan fingerprint density at radius 1 is 0.963 bits per heavy atom. The Morgan fingerprint density at radius 3 is 2.33 bits per heavy atom. The van der Waals surface area contributed by atoms with Crippen LogP contribution in [0.15, 0.2) is 60.8 Å². The van der Waals surface area contributed by atoms with E-state index in [1.165, 1.54) is 22.2 Å². The molecular weight excluding hydrogens is 356 g/mol. The van der Waals surface area contributed by atoms with Crippen LogP contribution >= 0.6 is 11.6 Å². The molecule has 3 nitrogen and oxygen atoms in total. The largest absolute Gasteiger partial charge is 0.497 e. The van der Waals surface area contributed by atoms with Crippen molar-refractivity contribution in [3.8, 4) is 17.0 Å². The number of ether oxygens (including phenoxy) is 1. The van der Waals surface area contributed by atoms with Gasteiger partial charge in [0.2, 0.25) is 0 Å². The lowest BCUT2D eigenvalue weighted by Crippen LogP contribution is -2.03. The molecule has 4 heteroatoms.